The second-order valence-corrected chi connectivity index (χ2v) is 6.50. The van der Waals surface area contributed by atoms with Gasteiger partial charge in [0.25, 0.3) is 0 Å². The molecule has 1 unspecified atom stereocenters. The molecule has 0 aromatic rings. The normalized spacial score (nSPS) is 20.5. The van der Waals surface area contributed by atoms with Gasteiger partial charge in [0.15, 0.2) is 0 Å². The minimum absolute atomic E-state index is 0.196. The highest BCUT2D eigenvalue weighted by Crippen LogP contribution is 2.24. The van der Waals surface area contributed by atoms with E-state index in [1.54, 1.807) is 0 Å². The summed E-state index contributed by atoms with van der Waals surface area (Å²) in [5.74, 6) is 0.826. The molecule has 1 aliphatic carbocycles. The molecule has 1 aliphatic rings. The summed E-state index contributed by atoms with van der Waals surface area (Å²) >= 11 is 0. The first-order valence-electron chi connectivity index (χ1n) is 7.38. The van der Waals surface area contributed by atoms with Gasteiger partial charge in [-0.3, -0.25) is 0 Å². The van der Waals surface area contributed by atoms with Gasteiger partial charge in [0.05, 0.1) is 6.10 Å². The summed E-state index contributed by atoms with van der Waals surface area (Å²) in [5, 5.41) is 3.54. The number of rotatable bonds is 6. The van der Waals surface area contributed by atoms with Gasteiger partial charge in [0, 0.05) is 18.7 Å². The summed E-state index contributed by atoms with van der Waals surface area (Å²) in [7, 11) is 0. The summed E-state index contributed by atoms with van der Waals surface area (Å²) in [6.07, 6.45) is 8.49. The Balaban J connectivity index is 2.17. The SMILES string of the molecule is CCC(CNC(C)(C)C)OCC1CCCCC1. The molecule has 1 saturated carbocycles. The fraction of sp³-hybridized carbons (Fsp3) is 1.00. The van der Waals surface area contributed by atoms with E-state index in [0.29, 0.717) is 6.10 Å². The van der Waals surface area contributed by atoms with Crippen molar-refractivity contribution in [3.63, 3.8) is 0 Å². The maximum absolute atomic E-state index is 6.06. The van der Waals surface area contributed by atoms with E-state index in [2.05, 4.69) is 33.0 Å². The Bertz CT molecular complexity index is 192. The van der Waals surface area contributed by atoms with E-state index in [0.717, 1.165) is 25.5 Å². The topological polar surface area (TPSA) is 21.3 Å². The van der Waals surface area contributed by atoms with E-state index in [-0.39, 0.29) is 5.54 Å². The Labute approximate surface area is 108 Å². The van der Waals surface area contributed by atoms with Gasteiger partial charge in [0.2, 0.25) is 0 Å². The second-order valence-electron chi connectivity index (χ2n) is 6.50. The van der Waals surface area contributed by atoms with Crippen molar-refractivity contribution in [1.82, 2.24) is 5.32 Å². The number of hydrogen-bond donors (Lipinski definition) is 1. The molecule has 0 heterocycles. The molecule has 1 N–H and O–H groups in total. The standard InChI is InChI=1S/C15H31NO/c1-5-14(11-16-15(2,3)4)17-12-13-9-7-6-8-10-13/h13-14,16H,5-12H2,1-4H3. The fourth-order valence-corrected chi connectivity index (χ4v) is 2.37. The van der Waals surface area contributed by atoms with Crippen LogP contribution in [-0.2, 0) is 4.74 Å². The Morgan fingerprint density at radius 2 is 1.82 bits per heavy atom. The Morgan fingerprint density at radius 1 is 1.18 bits per heavy atom. The smallest absolute Gasteiger partial charge is 0.0697 e. The van der Waals surface area contributed by atoms with E-state index in [9.17, 15) is 0 Å². The van der Waals surface area contributed by atoms with Gasteiger partial charge in [0.1, 0.15) is 0 Å². The number of hydrogen-bond acceptors (Lipinski definition) is 2. The van der Waals surface area contributed by atoms with Crippen LogP contribution < -0.4 is 5.32 Å². The van der Waals surface area contributed by atoms with Gasteiger partial charge < -0.3 is 10.1 Å². The van der Waals surface area contributed by atoms with Crippen molar-refractivity contribution in [2.45, 2.75) is 77.9 Å². The van der Waals surface area contributed by atoms with E-state index in [1.807, 2.05) is 0 Å². The molecular weight excluding hydrogens is 210 g/mol. The second kappa shape index (κ2) is 7.38. The van der Waals surface area contributed by atoms with Crippen LogP contribution in [0.3, 0.4) is 0 Å². The lowest BCUT2D eigenvalue weighted by Crippen LogP contribution is -2.41. The van der Waals surface area contributed by atoms with Crippen LogP contribution in [0.15, 0.2) is 0 Å². The Morgan fingerprint density at radius 3 is 2.35 bits per heavy atom. The lowest BCUT2D eigenvalue weighted by molar-refractivity contribution is 0.0162. The molecule has 0 aromatic carbocycles. The third kappa shape index (κ3) is 7.05. The van der Waals surface area contributed by atoms with Gasteiger partial charge in [-0.2, -0.15) is 0 Å². The molecule has 0 aliphatic heterocycles. The molecule has 102 valence electrons. The summed E-state index contributed by atoms with van der Waals surface area (Å²) in [5.41, 5.74) is 0.196. The molecule has 17 heavy (non-hydrogen) atoms. The zero-order valence-corrected chi connectivity index (χ0v) is 12.2. The Kier molecular flexibility index (Phi) is 6.50. The van der Waals surface area contributed by atoms with Gasteiger partial charge in [-0.15, -0.1) is 0 Å². The molecule has 2 heteroatoms. The van der Waals surface area contributed by atoms with Crippen molar-refractivity contribution in [2.75, 3.05) is 13.2 Å². The third-order valence-corrected chi connectivity index (χ3v) is 3.61. The number of nitrogens with one attached hydrogen (secondary N) is 1. The van der Waals surface area contributed by atoms with Crippen molar-refractivity contribution < 1.29 is 4.74 Å². The van der Waals surface area contributed by atoms with Crippen LogP contribution in [0.4, 0.5) is 0 Å². The number of ether oxygens (including phenoxy) is 1. The van der Waals surface area contributed by atoms with E-state index >= 15 is 0 Å². The monoisotopic (exact) mass is 241 g/mol. The lowest BCUT2D eigenvalue weighted by atomic mass is 9.90. The predicted molar refractivity (Wildman–Crippen MR) is 74.4 cm³/mol. The largest absolute Gasteiger partial charge is 0.377 e. The maximum atomic E-state index is 6.06. The Hall–Kier alpha value is -0.0800. The molecule has 1 rings (SSSR count). The van der Waals surface area contributed by atoms with Gasteiger partial charge in [-0.1, -0.05) is 26.2 Å². The first-order chi connectivity index (χ1) is 8.01. The summed E-state index contributed by atoms with van der Waals surface area (Å²) in [6.45, 7) is 10.8. The van der Waals surface area contributed by atoms with Crippen molar-refractivity contribution >= 4 is 0 Å². The zero-order valence-electron chi connectivity index (χ0n) is 12.2. The molecule has 0 spiro atoms. The molecule has 0 amide bonds. The molecular formula is C15H31NO. The first kappa shape index (κ1) is 15.0. The highest BCUT2D eigenvalue weighted by Gasteiger charge is 2.17. The minimum Gasteiger partial charge on any atom is -0.377 e. The van der Waals surface area contributed by atoms with Crippen LogP contribution in [-0.4, -0.2) is 24.8 Å². The molecule has 1 atom stereocenters. The molecule has 1 fully saturated rings. The van der Waals surface area contributed by atoms with Crippen LogP contribution in [0.25, 0.3) is 0 Å². The van der Waals surface area contributed by atoms with Gasteiger partial charge in [-0.05, 0) is 46.0 Å². The highest BCUT2D eigenvalue weighted by atomic mass is 16.5. The molecule has 0 bridgehead atoms. The summed E-state index contributed by atoms with van der Waals surface area (Å²) < 4.78 is 6.06. The fourth-order valence-electron chi connectivity index (χ4n) is 2.37. The quantitative estimate of drug-likeness (QED) is 0.764. The summed E-state index contributed by atoms with van der Waals surface area (Å²) in [6, 6.07) is 0. The predicted octanol–water partition coefficient (Wildman–Crippen LogP) is 3.75. The van der Waals surface area contributed by atoms with Crippen LogP contribution in [0.5, 0.6) is 0 Å². The van der Waals surface area contributed by atoms with E-state index in [4.69, 9.17) is 4.74 Å². The average Bonchev–Trinajstić information content (AvgIpc) is 2.29. The lowest BCUT2D eigenvalue weighted by Gasteiger charge is -2.27. The van der Waals surface area contributed by atoms with Crippen molar-refractivity contribution in [1.29, 1.82) is 0 Å². The highest BCUT2D eigenvalue weighted by molar-refractivity contribution is 4.73. The maximum Gasteiger partial charge on any atom is 0.0697 e. The van der Waals surface area contributed by atoms with E-state index < -0.39 is 0 Å². The van der Waals surface area contributed by atoms with Crippen molar-refractivity contribution in [2.24, 2.45) is 5.92 Å². The third-order valence-electron chi connectivity index (χ3n) is 3.61. The minimum atomic E-state index is 0.196. The van der Waals surface area contributed by atoms with Crippen LogP contribution in [0.1, 0.15) is 66.2 Å². The zero-order chi connectivity index (χ0) is 12.7. The van der Waals surface area contributed by atoms with Crippen molar-refractivity contribution in [3.8, 4) is 0 Å². The molecule has 0 aromatic heterocycles. The molecule has 0 radical (unpaired) electrons. The van der Waals surface area contributed by atoms with Gasteiger partial charge >= 0.3 is 0 Å². The van der Waals surface area contributed by atoms with Crippen LogP contribution >= 0.6 is 0 Å². The van der Waals surface area contributed by atoms with Crippen LogP contribution in [0, 0.1) is 5.92 Å². The van der Waals surface area contributed by atoms with Gasteiger partial charge in [-0.25, -0.2) is 0 Å². The van der Waals surface area contributed by atoms with Crippen molar-refractivity contribution in [3.05, 3.63) is 0 Å². The summed E-state index contributed by atoms with van der Waals surface area (Å²) in [4.78, 5) is 0. The molecule has 0 saturated heterocycles. The van der Waals surface area contributed by atoms with E-state index in [1.165, 1.54) is 32.1 Å². The first-order valence-corrected chi connectivity index (χ1v) is 7.38. The molecule has 2 nitrogen and oxygen atoms in total. The van der Waals surface area contributed by atoms with Crippen LogP contribution in [0.2, 0.25) is 0 Å². The average molecular weight is 241 g/mol.